The van der Waals surface area contributed by atoms with E-state index in [9.17, 15) is 0 Å². The van der Waals surface area contributed by atoms with Gasteiger partial charge < -0.3 is 19.0 Å². The number of rotatable bonds is 7. The second-order valence-corrected chi connectivity index (χ2v) is 7.60. The van der Waals surface area contributed by atoms with Crippen molar-refractivity contribution < 1.29 is 9.15 Å². The van der Waals surface area contributed by atoms with Crippen LogP contribution in [0.15, 0.2) is 38.8 Å². The van der Waals surface area contributed by atoms with Gasteiger partial charge in [0.2, 0.25) is 5.90 Å². The number of fused-ring (bicyclic) bond motifs is 1. The summed E-state index contributed by atoms with van der Waals surface area (Å²) in [5.41, 5.74) is 2.93. The van der Waals surface area contributed by atoms with E-state index >= 15 is 0 Å². The highest BCUT2D eigenvalue weighted by molar-refractivity contribution is 5.95. The summed E-state index contributed by atoms with van der Waals surface area (Å²) >= 11 is 0. The fourth-order valence-electron chi connectivity index (χ4n) is 3.57. The average molecular weight is 409 g/mol. The first-order chi connectivity index (χ1) is 14.6. The molecule has 0 fully saturated rings. The standard InChI is InChI=1S/C22H28N6O2/c1-5-9-28(6-2)22-27-26-21(30-22)17-11-24-18-8-7-15(10-16(17)18)19-12-23-13-20(25-19)29-14(3)4/h7-8,10-12,14,19,24H,5-6,9,13H2,1-4H3. The molecule has 3 aromatic rings. The van der Waals surface area contributed by atoms with Crippen LogP contribution < -0.4 is 4.90 Å². The van der Waals surface area contributed by atoms with Crippen molar-refractivity contribution in [3.8, 4) is 11.5 Å². The lowest BCUT2D eigenvalue weighted by molar-refractivity contribution is 0.222. The predicted octanol–water partition coefficient (Wildman–Crippen LogP) is 4.40. The zero-order valence-corrected chi connectivity index (χ0v) is 17.9. The lowest BCUT2D eigenvalue weighted by Gasteiger charge is -2.18. The molecule has 0 amide bonds. The smallest absolute Gasteiger partial charge is 0.318 e. The summed E-state index contributed by atoms with van der Waals surface area (Å²) in [5, 5.41) is 9.56. The van der Waals surface area contributed by atoms with Gasteiger partial charge in [-0.05, 0) is 44.9 Å². The molecule has 30 heavy (non-hydrogen) atoms. The summed E-state index contributed by atoms with van der Waals surface area (Å²) in [6.45, 7) is 10.4. The molecule has 1 N–H and O–H groups in total. The third kappa shape index (κ3) is 4.08. The Balaban J connectivity index is 1.66. The number of benzene rings is 1. The van der Waals surface area contributed by atoms with Gasteiger partial charge in [-0.25, -0.2) is 4.99 Å². The van der Waals surface area contributed by atoms with E-state index < -0.39 is 0 Å². The van der Waals surface area contributed by atoms with Crippen molar-refractivity contribution in [2.24, 2.45) is 9.98 Å². The number of hydrogen-bond acceptors (Lipinski definition) is 7. The molecule has 1 aromatic carbocycles. The Morgan fingerprint density at radius 2 is 2.13 bits per heavy atom. The molecule has 1 unspecified atom stereocenters. The predicted molar refractivity (Wildman–Crippen MR) is 120 cm³/mol. The monoisotopic (exact) mass is 408 g/mol. The molecule has 3 heterocycles. The molecule has 1 atom stereocenters. The zero-order chi connectivity index (χ0) is 21.1. The van der Waals surface area contributed by atoms with Gasteiger partial charge in [0.15, 0.2) is 0 Å². The van der Waals surface area contributed by atoms with Gasteiger partial charge in [-0.15, -0.1) is 5.10 Å². The molecule has 0 bridgehead atoms. The molecule has 0 saturated carbocycles. The molecule has 0 radical (unpaired) electrons. The molecule has 1 aliphatic rings. The number of anilines is 1. The van der Waals surface area contributed by atoms with Gasteiger partial charge in [0, 0.05) is 36.4 Å². The SMILES string of the molecule is CCCN(CC)c1nnc(-c2c[nH]c3ccc(C4C=NCC(OC(C)C)=N4)cc23)o1. The minimum absolute atomic E-state index is 0.0820. The quantitative estimate of drug-likeness (QED) is 0.625. The molecular weight excluding hydrogens is 380 g/mol. The summed E-state index contributed by atoms with van der Waals surface area (Å²) in [4.78, 5) is 14.5. The number of aliphatic imine (C=N–C) groups is 2. The van der Waals surface area contributed by atoms with Crippen LogP contribution in [0.5, 0.6) is 0 Å². The van der Waals surface area contributed by atoms with E-state index in [1.807, 2.05) is 32.3 Å². The number of aromatic amines is 1. The lowest BCUT2D eigenvalue weighted by Crippen LogP contribution is -2.23. The van der Waals surface area contributed by atoms with Crippen molar-refractivity contribution >= 4 is 29.0 Å². The van der Waals surface area contributed by atoms with Crippen LogP contribution in [0.2, 0.25) is 0 Å². The normalized spacial score (nSPS) is 16.3. The third-order valence-electron chi connectivity index (χ3n) is 4.97. The van der Waals surface area contributed by atoms with E-state index in [2.05, 4.69) is 51.1 Å². The minimum atomic E-state index is -0.168. The highest BCUT2D eigenvalue weighted by atomic mass is 16.5. The van der Waals surface area contributed by atoms with E-state index in [4.69, 9.17) is 14.1 Å². The van der Waals surface area contributed by atoms with Crippen molar-refractivity contribution in [2.75, 3.05) is 24.5 Å². The fraction of sp³-hybridized carbons (Fsp3) is 0.455. The first kappa shape index (κ1) is 20.1. The molecule has 158 valence electrons. The maximum Gasteiger partial charge on any atom is 0.318 e. The van der Waals surface area contributed by atoms with Crippen molar-refractivity contribution in [2.45, 2.75) is 46.3 Å². The summed E-state index contributed by atoms with van der Waals surface area (Å²) in [6.07, 6.45) is 4.88. The average Bonchev–Trinajstić information content (AvgIpc) is 3.38. The molecule has 0 spiro atoms. The Bertz CT molecular complexity index is 1060. The Labute approximate surface area is 176 Å². The maximum atomic E-state index is 6.00. The first-order valence-electron chi connectivity index (χ1n) is 10.5. The summed E-state index contributed by atoms with van der Waals surface area (Å²) < 4.78 is 11.8. The number of nitrogens with zero attached hydrogens (tertiary/aromatic N) is 5. The molecule has 4 rings (SSSR count). The third-order valence-corrected chi connectivity index (χ3v) is 4.97. The Kier molecular flexibility index (Phi) is 5.83. The van der Waals surface area contributed by atoms with Gasteiger partial charge in [0.05, 0.1) is 11.7 Å². The second-order valence-electron chi connectivity index (χ2n) is 7.60. The highest BCUT2D eigenvalue weighted by Crippen LogP contribution is 2.32. The number of ether oxygens (including phenoxy) is 1. The van der Waals surface area contributed by atoms with Gasteiger partial charge in [0.1, 0.15) is 12.6 Å². The second kappa shape index (κ2) is 8.69. The van der Waals surface area contributed by atoms with Gasteiger partial charge in [-0.3, -0.25) is 4.99 Å². The molecule has 1 aliphatic heterocycles. The van der Waals surface area contributed by atoms with Crippen LogP contribution >= 0.6 is 0 Å². The van der Waals surface area contributed by atoms with Crippen LogP contribution in [-0.4, -0.2) is 53.0 Å². The Morgan fingerprint density at radius 3 is 2.90 bits per heavy atom. The van der Waals surface area contributed by atoms with Crippen molar-refractivity contribution in [1.29, 1.82) is 0 Å². The van der Waals surface area contributed by atoms with Crippen LogP contribution in [0.25, 0.3) is 22.4 Å². The first-order valence-corrected chi connectivity index (χ1v) is 10.5. The van der Waals surface area contributed by atoms with Crippen LogP contribution in [0.3, 0.4) is 0 Å². The van der Waals surface area contributed by atoms with Gasteiger partial charge in [-0.2, -0.15) is 0 Å². The van der Waals surface area contributed by atoms with E-state index in [1.165, 1.54) is 0 Å². The lowest BCUT2D eigenvalue weighted by atomic mass is 10.0. The molecule has 8 nitrogen and oxygen atoms in total. The van der Waals surface area contributed by atoms with Gasteiger partial charge in [-0.1, -0.05) is 18.1 Å². The topological polar surface area (TPSA) is 91.9 Å². The summed E-state index contributed by atoms with van der Waals surface area (Å²) in [7, 11) is 0. The number of nitrogens with one attached hydrogen (secondary N) is 1. The van der Waals surface area contributed by atoms with E-state index in [1.54, 1.807) is 0 Å². The number of aromatic nitrogens is 3. The molecule has 8 heteroatoms. The maximum absolute atomic E-state index is 6.00. The molecule has 0 aliphatic carbocycles. The van der Waals surface area contributed by atoms with Crippen LogP contribution in [0.4, 0.5) is 6.01 Å². The van der Waals surface area contributed by atoms with Crippen molar-refractivity contribution in [3.63, 3.8) is 0 Å². The Morgan fingerprint density at radius 1 is 1.27 bits per heavy atom. The summed E-state index contributed by atoms with van der Waals surface area (Å²) in [6, 6.07) is 6.59. The minimum Gasteiger partial charge on any atom is -0.477 e. The molecule has 0 saturated heterocycles. The molecule has 2 aromatic heterocycles. The van der Waals surface area contributed by atoms with E-state index in [0.717, 1.165) is 41.5 Å². The van der Waals surface area contributed by atoms with Crippen LogP contribution in [0.1, 0.15) is 45.7 Å². The van der Waals surface area contributed by atoms with Gasteiger partial charge >= 0.3 is 6.01 Å². The van der Waals surface area contributed by atoms with Crippen LogP contribution in [-0.2, 0) is 4.74 Å². The fourth-order valence-corrected chi connectivity index (χ4v) is 3.57. The molecular formula is C22H28N6O2. The van der Waals surface area contributed by atoms with Crippen molar-refractivity contribution in [1.82, 2.24) is 15.2 Å². The Hall–Kier alpha value is -3.16. The van der Waals surface area contributed by atoms with E-state index in [-0.39, 0.29) is 12.1 Å². The van der Waals surface area contributed by atoms with Gasteiger partial charge in [0.25, 0.3) is 5.89 Å². The zero-order valence-electron chi connectivity index (χ0n) is 17.9. The number of H-pyrrole nitrogens is 1. The largest absolute Gasteiger partial charge is 0.477 e. The van der Waals surface area contributed by atoms with Crippen molar-refractivity contribution in [3.05, 3.63) is 30.0 Å². The summed E-state index contributed by atoms with van der Waals surface area (Å²) in [5.74, 6) is 1.18. The highest BCUT2D eigenvalue weighted by Gasteiger charge is 2.19. The van der Waals surface area contributed by atoms with E-state index in [0.29, 0.717) is 24.3 Å². The van der Waals surface area contributed by atoms with Crippen LogP contribution in [0, 0.1) is 0 Å². The number of hydrogen-bond donors (Lipinski definition) is 1.